The lowest BCUT2D eigenvalue weighted by Gasteiger charge is -2.32. The molecule has 2 saturated heterocycles. The van der Waals surface area contributed by atoms with E-state index in [0.29, 0.717) is 13.0 Å². The topological polar surface area (TPSA) is 67.4 Å². The molecule has 2 amide bonds. The van der Waals surface area contributed by atoms with Crippen LogP contribution in [0.25, 0.3) is 0 Å². The number of carbonyl (C=O) groups excluding carboxylic acids is 2. The van der Waals surface area contributed by atoms with Gasteiger partial charge in [-0.3, -0.25) is 9.59 Å². The van der Waals surface area contributed by atoms with Crippen LogP contribution in [-0.4, -0.2) is 30.5 Å². The zero-order valence-electron chi connectivity index (χ0n) is 12.6. The van der Waals surface area contributed by atoms with Crippen molar-refractivity contribution in [3.63, 3.8) is 0 Å². The minimum absolute atomic E-state index is 0.0273. The molecule has 0 spiro atoms. The van der Waals surface area contributed by atoms with Crippen LogP contribution in [-0.2, 0) is 14.3 Å². The van der Waals surface area contributed by atoms with E-state index in [4.69, 9.17) is 4.74 Å². The molecule has 2 heterocycles. The maximum atomic E-state index is 12.3. The molecular weight excluding hydrogens is 280 g/mol. The van der Waals surface area contributed by atoms with E-state index in [1.807, 2.05) is 18.2 Å². The zero-order valence-corrected chi connectivity index (χ0v) is 12.6. The molecule has 1 aromatic rings. The van der Waals surface area contributed by atoms with Gasteiger partial charge in [-0.1, -0.05) is 30.3 Å². The maximum Gasteiger partial charge on any atom is 0.242 e. The monoisotopic (exact) mass is 302 g/mol. The average molecular weight is 302 g/mol. The highest BCUT2D eigenvalue weighted by Gasteiger charge is 2.29. The lowest BCUT2D eigenvalue weighted by molar-refractivity contribution is -0.132. The summed E-state index contributed by atoms with van der Waals surface area (Å²) >= 11 is 0. The summed E-state index contributed by atoms with van der Waals surface area (Å²) in [5.41, 5.74) is 1.15. The standard InChI is InChI=1S/C17H22N2O3/c20-16-8-4-7-14(19-16)17(21)18-13-9-10-22-15(11-13)12-5-2-1-3-6-12/h1-3,5-6,13-15H,4,7-11H2,(H,18,21)(H,19,20)/t13?,14-,15?/m1/s1. The summed E-state index contributed by atoms with van der Waals surface area (Å²) in [6.45, 7) is 0.640. The van der Waals surface area contributed by atoms with Crippen molar-refractivity contribution in [3.8, 4) is 0 Å². The third kappa shape index (κ3) is 3.65. The molecule has 0 aliphatic carbocycles. The molecule has 1 aromatic carbocycles. The number of benzene rings is 1. The van der Waals surface area contributed by atoms with Crippen molar-refractivity contribution in [1.29, 1.82) is 0 Å². The van der Waals surface area contributed by atoms with E-state index in [1.54, 1.807) is 0 Å². The van der Waals surface area contributed by atoms with Crippen molar-refractivity contribution in [1.82, 2.24) is 10.6 Å². The molecule has 118 valence electrons. The molecule has 2 fully saturated rings. The van der Waals surface area contributed by atoms with Crippen LogP contribution in [0.4, 0.5) is 0 Å². The summed E-state index contributed by atoms with van der Waals surface area (Å²) < 4.78 is 5.82. The van der Waals surface area contributed by atoms with Gasteiger partial charge in [0.15, 0.2) is 0 Å². The van der Waals surface area contributed by atoms with Crippen LogP contribution in [0.2, 0.25) is 0 Å². The number of amides is 2. The summed E-state index contributed by atoms with van der Waals surface area (Å²) in [4.78, 5) is 23.7. The van der Waals surface area contributed by atoms with E-state index < -0.39 is 0 Å². The second kappa shape index (κ2) is 6.92. The Morgan fingerprint density at radius 2 is 2.05 bits per heavy atom. The molecule has 0 bridgehead atoms. The van der Waals surface area contributed by atoms with Crippen LogP contribution < -0.4 is 10.6 Å². The summed E-state index contributed by atoms with van der Waals surface area (Å²) in [5.74, 6) is -0.0905. The Labute approximate surface area is 130 Å². The van der Waals surface area contributed by atoms with Gasteiger partial charge in [0.05, 0.1) is 6.10 Å². The Kier molecular flexibility index (Phi) is 4.73. The molecule has 5 nitrogen and oxygen atoms in total. The fraction of sp³-hybridized carbons (Fsp3) is 0.529. The predicted molar refractivity (Wildman–Crippen MR) is 82.1 cm³/mol. The second-order valence-corrected chi connectivity index (χ2v) is 6.01. The quantitative estimate of drug-likeness (QED) is 0.893. The number of piperidine rings is 1. The van der Waals surface area contributed by atoms with Gasteiger partial charge in [0.2, 0.25) is 11.8 Å². The maximum absolute atomic E-state index is 12.3. The zero-order chi connectivity index (χ0) is 15.4. The fourth-order valence-electron chi connectivity index (χ4n) is 3.13. The van der Waals surface area contributed by atoms with Gasteiger partial charge in [0, 0.05) is 19.1 Å². The van der Waals surface area contributed by atoms with E-state index in [-0.39, 0.29) is 30.0 Å². The first-order valence-corrected chi connectivity index (χ1v) is 7.98. The van der Waals surface area contributed by atoms with Crippen molar-refractivity contribution in [2.24, 2.45) is 0 Å². The number of hydrogen-bond donors (Lipinski definition) is 2. The third-order valence-corrected chi connectivity index (χ3v) is 4.35. The summed E-state index contributed by atoms with van der Waals surface area (Å²) in [6, 6.07) is 9.81. The summed E-state index contributed by atoms with van der Waals surface area (Å²) in [6.07, 6.45) is 3.65. The van der Waals surface area contributed by atoms with Crippen molar-refractivity contribution in [2.45, 2.75) is 50.3 Å². The highest BCUT2D eigenvalue weighted by Crippen LogP contribution is 2.28. The Bertz CT molecular complexity index is 532. The number of rotatable bonds is 3. The molecule has 2 unspecified atom stereocenters. The van der Waals surface area contributed by atoms with Gasteiger partial charge in [-0.25, -0.2) is 0 Å². The van der Waals surface area contributed by atoms with Crippen LogP contribution in [0, 0.1) is 0 Å². The summed E-state index contributed by atoms with van der Waals surface area (Å²) in [7, 11) is 0. The molecule has 0 radical (unpaired) electrons. The van der Waals surface area contributed by atoms with Crippen LogP contribution in [0.5, 0.6) is 0 Å². The van der Waals surface area contributed by atoms with E-state index >= 15 is 0 Å². The molecule has 0 saturated carbocycles. The third-order valence-electron chi connectivity index (χ3n) is 4.35. The molecule has 2 aliphatic rings. The molecule has 3 rings (SSSR count). The minimum Gasteiger partial charge on any atom is -0.373 e. The SMILES string of the molecule is O=C1CCC[C@H](C(=O)NC2CCOC(c3ccccc3)C2)N1. The first-order chi connectivity index (χ1) is 10.7. The lowest BCUT2D eigenvalue weighted by Crippen LogP contribution is -2.52. The Morgan fingerprint density at radius 3 is 2.82 bits per heavy atom. The molecular formula is C17H22N2O3. The van der Waals surface area contributed by atoms with Gasteiger partial charge in [-0.15, -0.1) is 0 Å². The normalized spacial score (nSPS) is 28.7. The molecule has 2 aliphatic heterocycles. The van der Waals surface area contributed by atoms with E-state index in [2.05, 4.69) is 22.8 Å². The van der Waals surface area contributed by atoms with Gasteiger partial charge in [0.1, 0.15) is 6.04 Å². The van der Waals surface area contributed by atoms with Crippen molar-refractivity contribution >= 4 is 11.8 Å². The van der Waals surface area contributed by atoms with E-state index in [0.717, 1.165) is 31.2 Å². The van der Waals surface area contributed by atoms with Crippen molar-refractivity contribution < 1.29 is 14.3 Å². The Balaban J connectivity index is 1.56. The molecule has 3 atom stereocenters. The molecule has 2 N–H and O–H groups in total. The van der Waals surface area contributed by atoms with E-state index in [9.17, 15) is 9.59 Å². The van der Waals surface area contributed by atoms with Gasteiger partial charge in [0.25, 0.3) is 0 Å². The number of ether oxygens (including phenoxy) is 1. The van der Waals surface area contributed by atoms with E-state index in [1.165, 1.54) is 0 Å². The van der Waals surface area contributed by atoms with Gasteiger partial charge in [-0.05, 0) is 31.2 Å². The Morgan fingerprint density at radius 1 is 1.23 bits per heavy atom. The minimum atomic E-state index is -0.376. The van der Waals surface area contributed by atoms with Gasteiger partial charge in [-0.2, -0.15) is 0 Å². The molecule has 0 aromatic heterocycles. The van der Waals surface area contributed by atoms with Crippen molar-refractivity contribution in [2.75, 3.05) is 6.61 Å². The fourth-order valence-corrected chi connectivity index (χ4v) is 3.13. The molecule has 5 heteroatoms. The van der Waals surface area contributed by atoms with Crippen LogP contribution in [0.15, 0.2) is 30.3 Å². The van der Waals surface area contributed by atoms with Gasteiger partial charge >= 0.3 is 0 Å². The average Bonchev–Trinajstić information content (AvgIpc) is 2.56. The second-order valence-electron chi connectivity index (χ2n) is 6.01. The highest BCUT2D eigenvalue weighted by atomic mass is 16.5. The van der Waals surface area contributed by atoms with Crippen LogP contribution in [0.3, 0.4) is 0 Å². The number of carbonyl (C=O) groups is 2. The van der Waals surface area contributed by atoms with Gasteiger partial charge < -0.3 is 15.4 Å². The predicted octanol–water partition coefficient (Wildman–Crippen LogP) is 1.69. The Hall–Kier alpha value is -1.88. The lowest BCUT2D eigenvalue weighted by atomic mass is 9.96. The highest BCUT2D eigenvalue weighted by molar-refractivity contribution is 5.88. The summed E-state index contributed by atoms with van der Waals surface area (Å²) in [5, 5.41) is 5.84. The first kappa shape index (κ1) is 15.0. The molecule has 22 heavy (non-hydrogen) atoms. The van der Waals surface area contributed by atoms with Crippen molar-refractivity contribution in [3.05, 3.63) is 35.9 Å². The first-order valence-electron chi connectivity index (χ1n) is 7.98. The van der Waals surface area contributed by atoms with Crippen LogP contribution in [0.1, 0.15) is 43.8 Å². The van der Waals surface area contributed by atoms with Crippen LogP contribution >= 0.6 is 0 Å². The largest absolute Gasteiger partial charge is 0.373 e. The number of nitrogens with one attached hydrogen (secondary N) is 2. The smallest absolute Gasteiger partial charge is 0.242 e. The number of hydrogen-bond acceptors (Lipinski definition) is 3.